The van der Waals surface area contributed by atoms with E-state index in [1.54, 1.807) is 0 Å². The summed E-state index contributed by atoms with van der Waals surface area (Å²) in [5, 5.41) is 0.178. The lowest BCUT2D eigenvalue weighted by Gasteiger charge is -2.46. The van der Waals surface area contributed by atoms with Crippen LogP contribution in [0.4, 0.5) is 0 Å². The minimum absolute atomic E-state index is 0.178. The summed E-state index contributed by atoms with van der Waals surface area (Å²) >= 11 is 0. The van der Waals surface area contributed by atoms with E-state index in [0.29, 0.717) is 31.3 Å². The molecule has 1 aromatic rings. The van der Waals surface area contributed by atoms with Gasteiger partial charge in [0.25, 0.3) is 10.0 Å². The van der Waals surface area contributed by atoms with Crippen molar-refractivity contribution >= 4 is 10.0 Å². The fraction of sp³-hybridized carbons (Fsp3) is 0.727. The number of nitrogens with zero attached hydrogens (tertiary/aromatic N) is 2. The van der Waals surface area contributed by atoms with Gasteiger partial charge in [0.2, 0.25) is 0 Å². The number of aromatic nitrogens is 2. The fourth-order valence-electron chi connectivity index (χ4n) is 2.49. The molecule has 1 saturated carbocycles. The summed E-state index contributed by atoms with van der Waals surface area (Å²) in [4.78, 5) is 6.88. The molecule has 0 amide bonds. The van der Waals surface area contributed by atoms with Crippen molar-refractivity contribution in [3.63, 3.8) is 0 Å². The van der Waals surface area contributed by atoms with Crippen molar-refractivity contribution in [2.24, 2.45) is 11.7 Å². The number of rotatable bonds is 4. The Bertz CT molecular complexity index is 555. The molecule has 1 aliphatic heterocycles. The summed E-state index contributed by atoms with van der Waals surface area (Å²) in [7, 11) is -3.43. The summed E-state index contributed by atoms with van der Waals surface area (Å²) in [5.41, 5.74) is 5.88. The molecule has 0 bridgehead atoms. The average Bonchev–Trinajstić information content (AvgIpc) is 3.02. The topological polar surface area (TPSA) is 92.1 Å². The first-order valence-corrected chi connectivity index (χ1v) is 7.72. The Morgan fingerprint density at radius 3 is 2.72 bits per heavy atom. The lowest BCUT2D eigenvalue weighted by Crippen LogP contribution is -2.69. The summed E-state index contributed by atoms with van der Waals surface area (Å²) in [6, 6.07) is 0. The van der Waals surface area contributed by atoms with E-state index in [0.717, 1.165) is 12.8 Å². The maximum atomic E-state index is 12.3. The maximum Gasteiger partial charge on any atom is 0.260 e. The summed E-state index contributed by atoms with van der Waals surface area (Å²) < 4.78 is 26.0. The number of hydrogen-bond acceptors (Lipinski definition) is 4. The Morgan fingerprint density at radius 1 is 1.56 bits per heavy atom. The normalized spacial score (nSPS) is 23.9. The summed E-state index contributed by atoms with van der Waals surface area (Å²) in [5.74, 6) is 1.20. The van der Waals surface area contributed by atoms with Crippen LogP contribution in [0.5, 0.6) is 0 Å². The number of hydrogen-bond donors (Lipinski definition) is 2. The highest BCUT2D eigenvalue weighted by atomic mass is 32.2. The molecule has 100 valence electrons. The van der Waals surface area contributed by atoms with Gasteiger partial charge in [-0.2, -0.15) is 4.31 Å². The molecule has 1 saturated heterocycles. The van der Waals surface area contributed by atoms with Crippen LogP contribution in [0.15, 0.2) is 11.2 Å². The second kappa shape index (κ2) is 3.79. The van der Waals surface area contributed by atoms with Crippen LogP contribution in [0.2, 0.25) is 0 Å². The van der Waals surface area contributed by atoms with E-state index in [2.05, 4.69) is 9.97 Å². The van der Waals surface area contributed by atoms with Crippen molar-refractivity contribution in [3.05, 3.63) is 12.0 Å². The zero-order chi connectivity index (χ0) is 13.0. The molecule has 1 aromatic heterocycles. The van der Waals surface area contributed by atoms with Crippen LogP contribution in [0.3, 0.4) is 0 Å². The zero-order valence-electron chi connectivity index (χ0n) is 10.4. The van der Waals surface area contributed by atoms with Gasteiger partial charge in [-0.25, -0.2) is 13.4 Å². The highest BCUT2D eigenvalue weighted by Crippen LogP contribution is 2.44. The second-order valence-electron chi connectivity index (χ2n) is 5.33. The Balaban J connectivity index is 1.76. The molecule has 0 atom stereocenters. The molecule has 3 rings (SSSR count). The average molecular weight is 270 g/mol. The molecule has 18 heavy (non-hydrogen) atoms. The van der Waals surface area contributed by atoms with Gasteiger partial charge < -0.3 is 10.7 Å². The molecule has 2 fully saturated rings. The van der Waals surface area contributed by atoms with Crippen LogP contribution in [-0.4, -0.2) is 41.3 Å². The summed E-state index contributed by atoms with van der Waals surface area (Å²) in [6.45, 7) is 2.79. The molecule has 0 unspecified atom stereocenters. The van der Waals surface area contributed by atoms with Gasteiger partial charge in [-0.05, 0) is 18.8 Å². The molecule has 2 heterocycles. The Morgan fingerprint density at radius 2 is 2.22 bits per heavy atom. The molecule has 7 heteroatoms. The van der Waals surface area contributed by atoms with Gasteiger partial charge in [0, 0.05) is 25.0 Å². The Labute approximate surface area is 107 Å². The van der Waals surface area contributed by atoms with E-state index >= 15 is 0 Å². The fourth-order valence-corrected chi connectivity index (χ4v) is 4.02. The SMILES string of the molecule is CCc1ncc(S(=O)(=O)N2CC(N)(C3CC3)C2)[nH]1. The number of imidazole rings is 1. The minimum Gasteiger partial charge on any atom is -0.332 e. The minimum atomic E-state index is -3.43. The smallest absolute Gasteiger partial charge is 0.260 e. The maximum absolute atomic E-state index is 12.3. The molecule has 6 nitrogen and oxygen atoms in total. The van der Waals surface area contributed by atoms with Crippen LogP contribution in [0.25, 0.3) is 0 Å². The molecule has 0 radical (unpaired) electrons. The molecular weight excluding hydrogens is 252 g/mol. The lowest BCUT2D eigenvalue weighted by atomic mass is 9.88. The van der Waals surface area contributed by atoms with Crippen LogP contribution < -0.4 is 5.73 Å². The first-order chi connectivity index (χ1) is 8.45. The van der Waals surface area contributed by atoms with Gasteiger partial charge in [-0.3, -0.25) is 0 Å². The van der Waals surface area contributed by atoms with Crippen molar-refractivity contribution in [1.82, 2.24) is 14.3 Å². The third kappa shape index (κ3) is 1.77. The van der Waals surface area contributed by atoms with Gasteiger partial charge in [0.05, 0.1) is 6.20 Å². The number of nitrogens with one attached hydrogen (secondary N) is 1. The van der Waals surface area contributed by atoms with Gasteiger partial charge in [0.1, 0.15) is 5.82 Å². The number of sulfonamides is 1. The van der Waals surface area contributed by atoms with Crippen molar-refractivity contribution in [2.75, 3.05) is 13.1 Å². The van der Waals surface area contributed by atoms with Gasteiger partial charge in [-0.1, -0.05) is 6.92 Å². The standard InChI is InChI=1S/C11H18N4O2S/c1-2-9-13-5-10(14-9)18(16,17)15-6-11(12,7-15)8-3-4-8/h5,8H,2-4,6-7,12H2,1H3,(H,13,14). The van der Waals surface area contributed by atoms with Crippen LogP contribution in [0, 0.1) is 5.92 Å². The Kier molecular flexibility index (Phi) is 2.55. The third-order valence-corrected chi connectivity index (χ3v) is 5.59. The zero-order valence-corrected chi connectivity index (χ0v) is 11.2. The van der Waals surface area contributed by atoms with Crippen molar-refractivity contribution in [1.29, 1.82) is 0 Å². The quantitative estimate of drug-likeness (QED) is 0.810. The highest BCUT2D eigenvalue weighted by molar-refractivity contribution is 7.89. The molecule has 3 N–H and O–H groups in total. The monoisotopic (exact) mass is 270 g/mol. The van der Waals surface area contributed by atoms with Gasteiger partial charge in [0.15, 0.2) is 5.03 Å². The van der Waals surface area contributed by atoms with E-state index in [4.69, 9.17) is 5.73 Å². The van der Waals surface area contributed by atoms with E-state index in [9.17, 15) is 8.42 Å². The predicted octanol–water partition coefficient (Wildman–Crippen LogP) is 0.0839. The highest BCUT2D eigenvalue weighted by Gasteiger charge is 2.54. The van der Waals surface area contributed by atoms with E-state index in [1.807, 2.05) is 6.92 Å². The third-order valence-electron chi connectivity index (χ3n) is 3.89. The molecular formula is C11H18N4O2S. The first-order valence-electron chi connectivity index (χ1n) is 6.28. The van der Waals surface area contributed by atoms with Crippen molar-refractivity contribution in [3.8, 4) is 0 Å². The van der Waals surface area contributed by atoms with Gasteiger partial charge in [-0.15, -0.1) is 0 Å². The van der Waals surface area contributed by atoms with Crippen molar-refractivity contribution in [2.45, 2.75) is 36.8 Å². The molecule has 0 aromatic carbocycles. The predicted molar refractivity (Wildman–Crippen MR) is 66.4 cm³/mol. The van der Waals surface area contributed by atoms with E-state index in [1.165, 1.54) is 10.5 Å². The second-order valence-corrected chi connectivity index (χ2v) is 7.23. The molecule has 0 spiro atoms. The molecule has 1 aliphatic carbocycles. The van der Waals surface area contributed by atoms with Gasteiger partial charge >= 0.3 is 0 Å². The van der Waals surface area contributed by atoms with Crippen molar-refractivity contribution < 1.29 is 8.42 Å². The molecule has 2 aliphatic rings. The lowest BCUT2D eigenvalue weighted by molar-refractivity contribution is 0.135. The van der Waals surface area contributed by atoms with Crippen LogP contribution in [-0.2, 0) is 16.4 Å². The number of H-pyrrole nitrogens is 1. The summed E-state index contributed by atoms with van der Waals surface area (Å²) in [6.07, 6.45) is 4.35. The van der Waals surface area contributed by atoms with Crippen LogP contribution >= 0.6 is 0 Å². The largest absolute Gasteiger partial charge is 0.332 e. The number of nitrogens with two attached hydrogens (primary N) is 1. The van der Waals surface area contributed by atoms with E-state index in [-0.39, 0.29) is 10.6 Å². The first kappa shape index (κ1) is 12.1. The van der Waals surface area contributed by atoms with E-state index < -0.39 is 10.0 Å². The number of aromatic amines is 1. The number of aryl methyl sites for hydroxylation is 1. The Hall–Kier alpha value is -0.920. The van der Waals surface area contributed by atoms with Crippen LogP contribution in [0.1, 0.15) is 25.6 Å².